The molecule has 0 aromatic rings. The van der Waals surface area contributed by atoms with E-state index in [1.165, 1.54) is 0 Å². The topological polar surface area (TPSA) is 9.23 Å². The second-order valence-electron chi connectivity index (χ2n) is 5.81. The van der Waals surface area contributed by atoms with Gasteiger partial charge in [0.2, 0.25) is 0 Å². The molecule has 0 amide bonds. The maximum atomic E-state index is 6.14. The molecule has 18 heavy (non-hydrogen) atoms. The Balaban J connectivity index is 4.46. The fourth-order valence-corrected chi connectivity index (χ4v) is 2.62. The van der Waals surface area contributed by atoms with Gasteiger partial charge in [-0.3, -0.25) is 0 Å². The highest BCUT2D eigenvalue weighted by Gasteiger charge is 2.36. The van der Waals surface area contributed by atoms with Crippen LogP contribution in [-0.2, 0) is 4.43 Å². The van der Waals surface area contributed by atoms with Crippen molar-refractivity contribution in [2.24, 2.45) is 0 Å². The van der Waals surface area contributed by atoms with Gasteiger partial charge < -0.3 is 4.43 Å². The summed E-state index contributed by atoms with van der Waals surface area (Å²) >= 11 is 9.62. The van der Waals surface area contributed by atoms with E-state index in [0.29, 0.717) is 11.6 Å². The molecule has 0 unspecified atom stereocenters. The van der Waals surface area contributed by atoms with E-state index < -0.39 is 8.32 Å². The van der Waals surface area contributed by atoms with Gasteiger partial charge in [0, 0.05) is 17.5 Å². The Morgan fingerprint density at radius 3 is 2.28 bits per heavy atom. The van der Waals surface area contributed by atoms with Crippen LogP contribution in [0.4, 0.5) is 0 Å². The summed E-state index contributed by atoms with van der Waals surface area (Å²) in [5.74, 6) is 0. The van der Waals surface area contributed by atoms with Crippen molar-refractivity contribution in [3.05, 3.63) is 34.3 Å². The SMILES string of the molecule is C=CC(=C)/C(Cl)=C(/Br)CCO[Si](C)(C)C(C)(C)C. The van der Waals surface area contributed by atoms with Crippen LogP contribution < -0.4 is 0 Å². The van der Waals surface area contributed by atoms with Crippen molar-refractivity contribution in [2.45, 2.75) is 45.3 Å². The Labute approximate surface area is 126 Å². The molecule has 0 heterocycles. The lowest BCUT2D eigenvalue weighted by molar-refractivity contribution is 0.294. The summed E-state index contributed by atoms with van der Waals surface area (Å²) in [6.45, 7) is 19.3. The maximum Gasteiger partial charge on any atom is 0.191 e. The molecule has 0 aliphatic rings. The van der Waals surface area contributed by atoms with Gasteiger partial charge in [-0.15, -0.1) is 0 Å². The molecule has 0 aliphatic carbocycles. The Hall–Kier alpha value is 0.167. The van der Waals surface area contributed by atoms with Gasteiger partial charge in [-0.2, -0.15) is 0 Å². The molecule has 4 heteroatoms. The molecule has 104 valence electrons. The van der Waals surface area contributed by atoms with Gasteiger partial charge in [0.1, 0.15) is 0 Å². The predicted molar refractivity (Wildman–Crippen MR) is 88.9 cm³/mol. The van der Waals surface area contributed by atoms with Gasteiger partial charge in [0.05, 0.1) is 5.03 Å². The zero-order valence-corrected chi connectivity index (χ0v) is 15.4. The fourth-order valence-electron chi connectivity index (χ4n) is 0.986. The summed E-state index contributed by atoms with van der Waals surface area (Å²) in [7, 11) is -1.67. The normalized spacial score (nSPS) is 14.2. The van der Waals surface area contributed by atoms with Crippen molar-refractivity contribution in [1.29, 1.82) is 0 Å². The lowest BCUT2D eigenvalue weighted by atomic mass is 10.2. The van der Waals surface area contributed by atoms with Crippen LogP contribution in [0.15, 0.2) is 34.3 Å². The highest BCUT2D eigenvalue weighted by Crippen LogP contribution is 2.37. The van der Waals surface area contributed by atoms with Gasteiger partial charge in [0.15, 0.2) is 8.32 Å². The molecule has 0 aromatic carbocycles. The molecule has 0 atom stereocenters. The van der Waals surface area contributed by atoms with Crippen molar-refractivity contribution in [3.63, 3.8) is 0 Å². The molecule has 0 N–H and O–H groups in total. The van der Waals surface area contributed by atoms with Gasteiger partial charge in [0.25, 0.3) is 0 Å². The quantitative estimate of drug-likeness (QED) is 0.422. The zero-order chi connectivity index (χ0) is 14.6. The third-order valence-corrected chi connectivity index (χ3v) is 9.39. The minimum Gasteiger partial charge on any atom is -0.416 e. The molecule has 0 rings (SSSR count). The average molecular weight is 352 g/mol. The number of rotatable bonds is 6. The highest BCUT2D eigenvalue weighted by atomic mass is 79.9. The van der Waals surface area contributed by atoms with Crippen LogP contribution in [0, 0.1) is 0 Å². The second-order valence-corrected chi connectivity index (χ2v) is 12.0. The molecule has 0 bridgehead atoms. The van der Waals surface area contributed by atoms with Crippen molar-refractivity contribution in [1.82, 2.24) is 0 Å². The molecule has 0 aliphatic heterocycles. The van der Waals surface area contributed by atoms with Crippen LogP contribution in [0.2, 0.25) is 18.1 Å². The Bertz CT molecular complexity index is 353. The number of allylic oxidation sites excluding steroid dienone is 3. The molecular formula is C14H24BrClOSi. The van der Waals surface area contributed by atoms with Crippen molar-refractivity contribution < 1.29 is 4.43 Å². The van der Waals surface area contributed by atoms with Crippen molar-refractivity contribution in [3.8, 4) is 0 Å². The summed E-state index contributed by atoms with van der Waals surface area (Å²) in [5.41, 5.74) is 0.732. The summed E-state index contributed by atoms with van der Waals surface area (Å²) < 4.78 is 7.01. The minimum atomic E-state index is -1.67. The van der Waals surface area contributed by atoms with E-state index >= 15 is 0 Å². The Kier molecular flexibility index (Phi) is 7.15. The van der Waals surface area contributed by atoms with Crippen LogP contribution >= 0.6 is 27.5 Å². The second kappa shape index (κ2) is 7.08. The van der Waals surface area contributed by atoms with E-state index in [4.69, 9.17) is 16.0 Å². The van der Waals surface area contributed by atoms with Gasteiger partial charge >= 0.3 is 0 Å². The average Bonchev–Trinajstić information content (AvgIpc) is 2.24. The van der Waals surface area contributed by atoms with E-state index in [0.717, 1.165) is 16.5 Å². The van der Waals surface area contributed by atoms with E-state index in [1.807, 2.05) is 0 Å². The number of hydrogen-bond acceptors (Lipinski definition) is 1. The predicted octanol–water partition coefficient (Wildman–Crippen LogP) is 5.99. The zero-order valence-electron chi connectivity index (χ0n) is 12.1. The lowest BCUT2D eigenvalue weighted by Gasteiger charge is -2.36. The first-order valence-electron chi connectivity index (χ1n) is 6.02. The molecule has 0 radical (unpaired) electrons. The van der Waals surface area contributed by atoms with Gasteiger partial charge in [-0.05, 0) is 23.7 Å². The molecule has 1 nitrogen and oxygen atoms in total. The smallest absolute Gasteiger partial charge is 0.191 e. The first-order chi connectivity index (χ1) is 8.03. The molecule has 0 saturated carbocycles. The standard InChI is InChI=1S/C14H24BrClOSi/c1-8-11(2)13(16)12(15)9-10-17-18(6,7)14(3,4)5/h8H,1-2,9-10H2,3-7H3/b13-12-. The summed E-state index contributed by atoms with van der Waals surface area (Å²) in [5, 5.41) is 0.862. The Morgan fingerprint density at radius 2 is 1.89 bits per heavy atom. The third-order valence-electron chi connectivity index (χ3n) is 3.36. The maximum absolute atomic E-state index is 6.14. The summed E-state index contributed by atoms with van der Waals surface area (Å²) in [4.78, 5) is 0. The molecule has 0 saturated heterocycles. The largest absolute Gasteiger partial charge is 0.416 e. The van der Waals surface area contributed by atoms with Crippen LogP contribution in [0.3, 0.4) is 0 Å². The van der Waals surface area contributed by atoms with Gasteiger partial charge in [-0.25, -0.2) is 0 Å². The fraction of sp³-hybridized carbons (Fsp3) is 0.571. The van der Waals surface area contributed by atoms with Crippen molar-refractivity contribution >= 4 is 35.8 Å². The highest BCUT2D eigenvalue weighted by molar-refractivity contribution is 9.11. The lowest BCUT2D eigenvalue weighted by Crippen LogP contribution is -2.40. The number of halogens is 2. The number of hydrogen-bond donors (Lipinski definition) is 0. The van der Waals surface area contributed by atoms with Gasteiger partial charge in [-0.1, -0.05) is 67.5 Å². The molecular weight excluding hydrogens is 328 g/mol. The summed E-state index contributed by atoms with van der Waals surface area (Å²) in [6.07, 6.45) is 2.41. The van der Waals surface area contributed by atoms with Crippen LogP contribution in [0.25, 0.3) is 0 Å². The van der Waals surface area contributed by atoms with E-state index in [1.54, 1.807) is 6.08 Å². The van der Waals surface area contributed by atoms with E-state index in [9.17, 15) is 0 Å². The first kappa shape index (κ1) is 18.2. The minimum absolute atomic E-state index is 0.234. The van der Waals surface area contributed by atoms with Crippen molar-refractivity contribution in [2.75, 3.05) is 6.61 Å². The molecule has 0 aromatic heterocycles. The van der Waals surface area contributed by atoms with Crippen LogP contribution in [0.5, 0.6) is 0 Å². The Morgan fingerprint density at radius 1 is 1.39 bits per heavy atom. The molecule has 0 fully saturated rings. The van der Waals surface area contributed by atoms with E-state index in [-0.39, 0.29) is 5.04 Å². The van der Waals surface area contributed by atoms with E-state index in [2.05, 4.69) is 63.0 Å². The summed E-state index contributed by atoms with van der Waals surface area (Å²) in [6, 6.07) is 0. The molecule has 0 spiro atoms. The third kappa shape index (κ3) is 5.43. The first-order valence-corrected chi connectivity index (χ1v) is 10.1. The van der Waals surface area contributed by atoms with Crippen LogP contribution in [-0.4, -0.2) is 14.9 Å². The monoisotopic (exact) mass is 350 g/mol. The van der Waals surface area contributed by atoms with Crippen LogP contribution in [0.1, 0.15) is 27.2 Å².